The molecule has 0 atom stereocenters. The van der Waals surface area contributed by atoms with Gasteiger partial charge in [0.1, 0.15) is 5.58 Å². The lowest BCUT2D eigenvalue weighted by Gasteiger charge is -2.26. The highest BCUT2D eigenvalue weighted by Crippen LogP contribution is 2.29. The average molecular weight is 498 g/mol. The molecule has 178 valence electrons. The number of hydrogen-bond donors (Lipinski definition) is 0. The number of morpholine rings is 1. The van der Waals surface area contributed by atoms with Crippen molar-refractivity contribution in [3.8, 4) is 11.5 Å². The van der Waals surface area contributed by atoms with Crippen LogP contribution in [0.4, 0.5) is 5.69 Å². The van der Waals surface area contributed by atoms with E-state index in [0.717, 1.165) is 33.8 Å². The van der Waals surface area contributed by atoms with Gasteiger partial charge < -0.3 is 13.7 Å². The van der Waals surface area contributed by atoms with Gasteiger partial charge in [0.25, 0.3) is 0 Å². The van der Waals surface area contributed by atoms with Crippen molar-refractivity contribution in [2.75, 3.05) is 26.3 Å². The fourth-order valence-electron chi connectivity index (χ4n) is 4.01. The molecule has 0 spiro atoms. The number of rotatable bonds is 6. The number of benzene rings is 2. The van der Waals surface area contributed by atoms with E-state index >= 15 is 0 Å². The van der Waals surface area contributed by atoms with E-state index in [-0.39, 0.29) is 4.90 Å². The van der Waals surface area contributed by atoms with Gasteiger partial charge in [-0.3, -0.25) is 0 Å². The SMILES string of the molecule is CC(C)Cn1c(-c2cc3ccccc3o2)csc1=Nc1ccc(S(=O)(=O)N2CCOCC2)cc1. The first-order valence-corrected chi connectivity index (χ1v) is 13.6. The standard InChI is InChI=1S/C25H27N3O4S2/c1-18(2)16-28-22(24-15-19-5-3-4-6-23(19)32-24)17-33-25(28)26-20-7-9-21(10-8-20)34(29,30)27-11-13-31-14-12-27/h3-10,15,17-18H,11-14,16H2,1-2H3. The molecular formula is C25H27N3O4S2. The number of furan rings is 1. The highest BCUT2D eigenvalue weighted by atomic mass is 32.2. The zero-order chi connectivity index (χ0) is 23.7. The summed E-state index contributed by atoms with van der Waals surface area (Å²) in [7, 11) is -3.52. The number of para-hydroxylation sites is 1. The molecule has 7 nitrogen and oxygen atoms in total. The first-order valence-electron chi connectivity index (χ1n) is 11.3. The van der Waals surface area contributed by atoms with Crippen LogP contribution in [0.15, 0.2) is 74.3 Å². The average Bonchev–Trinajstić information content (AvgIpc) is 3.43. The Labute approximate surface area is 203 Å². The van der Waals surface area contributed by atoms with Crippen LogP contribution in [0.25, 0.3) is 22.4 Å². The van der Waals surface area contributed by atoms with Crippen molar-refractivity contribution in [1.29, 1.82) is 0 Å². The van der Waals surface area contributed by atoms with E-state index in [1.54, 1.807) is 35.6 Å². The van der Waals surface area contributed by atoms with Gasteiger partial charge in [-0.2, -0.15) is 4.31 Å². The molecule has 2 aromatic heterocycles. The summed E-state index contributed by atoms with van der Waals surface area (Å²) in [5.74, 6) is 1.23. The van der Waals surface area contributed by atoms with Crippen molar-refractivity contribution < 1.29 is 17.6 Å². The number of hydrogen-bond acceptors (Lipinski definition) is 6. The van der Waals surface area contributed by atoms with Crippen molar-refractivity contribution in [2.24, 2.45) is 10.9 Å². The molecule has 2 aromatic carbocycles. The number of aromatic nitrogens is 1. The summed E-state index contributed by atoms with van der Waals surface area (Å²) in [4.78, 5) is 5.96. The Bertz CT molecular complexity index is 1420. The maximum Gasteiger partial charge on any atom is 0.243 e. The van der Waals surface area contributed by atoms with Crippen molar-refractivity contribution >= 4 is 38.0 Å². The summed E-state index contributed by atoms with van der Waals surface area (Å²) in [6.45, 7) is 6.73. The minimum Gasteiger partial charge on any atom is -0.454 e. The maximum absolute atomic E-state index is 12.9. The number of fused-ring (bicyclic) bond motifs is 1. The van der Waals surface area contributed by atoms with Crippen molar-refractivity contribution in [3.63, 3.8) is 0 Å². The Hall–Kier alpha value is -2.72. The predicted octanol–water partition coefficient (Wildman–Crippen LogP) is 4.87. The van der Waals surface area contributed by atoms with Crippen LogP contribution < -0.4 is 4.80 Å². The smallest absolute Gasteiger partial charge is 0.243 e. The van der Waals surface area contributed by atoms with Gasteiger partial charge >= 0.3 is 0 Å². The summed E-state index contributed by atoms with van der Waals surface area (Å²) in [5, 5.41) is 3.13. The Morgan fingerprint density at radius 2 is 1.79 bits per heavy atom. The molecule has 1 aliphatic heterocycles. The zero-order valence-electron chi connectivity index (χ0n) is 19.2. The second kappa shape index (κ2) is 9.50. The Balaban J connectivity index is 1.49. The number of thiazole rings is 1. The number of ether oxygens (including phenoxy) is 1. The lowest BCUT2D eigenvalue weighted by molar-refractivity contribution is 0.0730. The molecule has 1 fully saturated rings. The monoisotopic (exact) mass is 497 g/mol. The molecule has 0 unspecified atom stereocenters. The topological polar surface area (TPSA) is 77.0 Å². The predicted molar refractivity (Wildman–Crippen MR) is 134 cm³/mol. The van der Waals surface area contributed by atoms with Crippen LogP contribution in [-0.2, 0) is 21.3 Å². The number of nitrogens with zero attached hydrogens (tertiary/aromatic N) is 3. The van der Waals surface area contributed by atoms with Crippen LogP contribution in [0.2, 0.25) is 0 Å². The van der Waals surface area contributed by atoms with Gasteiger partial charge in [0.15, 0.2) is 10.6 Å². The minimum absolute atomic E-state index is 0.276. The van der Waals surface area contributed by atoms with E-state index in [2.05, 4.69) is 29.9 Å². The van der Waals surface area contributed by atoms with Crippen molar-refractivity contribution in [2.45, 2.75) is 25.3 Å². The van der Waals surface area contributed by atoms with Crippen LogP contribution in [0.1, 0.15) is 13.8 Å². The minimum atomic E-state index is -3.52. The van der Waals surface area contributed by atoms with E-state index in [0.29, 0.717) is 37.9 Å². The fraction of sp³-hybridized carbons (Fsp3) is 0.320. The molecule has 1 saturated heterocycles. The van der Waals surface area contributed by atoms with Gasteiger partial charge in [-0.05, 0) is 42.3 Å². The molecule has 0 aliphatic carbocycles. The lowest BCUT2D eigenvalue weighted by atomic mass is 10.2. The molecule has 5 rings (SSSR count). The zero-order valence-corrected chi connectivity index (χ0v) is 20.8. The summed E-state index contributed by atoms with van der Waals surface area (Å²) in [6, 6.07) is 16.8. The Morgan fingerprint density at radius 3 is 2.50 bits per heavy atom. The quantitative estimate of drug-likeness (QED) is 0.381. The van der Waals surface area contributed by atoms with E-state index in [4.69, 9.17) is 14.1 Å². The van der Waals surface area contributed by atoms with Crippen LogP contribution >= 0.6 is 11.3 Å². The molecule has 1 aliphatic rings. The summed E-state index contributed by atoms with van der Waals surface area (Å²) in [5.41, 5.74) is 2.55. The van der Waals surface area contributed by atoms with Gasteiger partial charge in [0.2, 0.25) is 10.0 Å². The van der Waals surface area contributed by atoms with Crippen molar-refractivity contribution in [1.82, 2.24) is 8.87 Å². The largest absolute Gasteiger partial charge is 0.454 e. The van der Waals surface area contributed by atoms with E-state index in [9.17, 15) is 8.42 Å². The third kappa shape index (κ3) is 4.61. The Morgan fingerprint density at radius 1 is 1.06 bits per heavy atom. The van der Waals surface area contributed by atoms with Crippen LogP contribution in [0.3, 0.4) is 0 Å². The first kappa shape index (κ1) is 23.0. The van der Waals surface area contributed by atoms with E-state index < -0.39 is 10.0 Å². The number of sulfonamides is 1. The lowest BCUT2D eigenvalue weighted by Crippen LogP contribution is -2.40. The van der Waals surface area contributed by atoms with Gasteiger partial charge in [0, 0.05) is 30.4 Å². The van der Waals surface area contributed by atoms with Crippen molar-refractivity contribution in [3.05, 3.63) is 64.8 Å². The van der Waals surface area contributed by atoms with Crippen LogP contribution in [-0.4, -0.2) is 43.6 Å². The summed E-state index contributed by atoms with van der Waals surface area (Å²) in [6.07, 6.45) is 0. The van der Waals surface area contributed by atoms with Crippen LogP contribution in [0, 0.1) is 5.92 Å². The molecule has 4 aromatic rings. The second-order valence-corrected chi connectivity index (χ2v) is 11.5. The van der Waals surface area contributed by atoms with Crippen LogP contribution in [0.5, 0.6) is 0 Å². The van der Waals surface area contributed by atoms with E-state index in [1.165, 1.54) is 4.31 Å². The molecule has 0 saturated carbocycles. The maximum atomic E-state index is 12.9. The molecular weight excluding hydrogens is 470 g/mol. The van der Waals surface area contributed by atoms with Gasteiger partial charge in [0.05, 0.1) is 29.5 Å². The van der Waals surface area contributed by atoms with Gasteiger partial charge in [-0.1, -0.05) is 32.0 Å². The molecule has 3 heterocycles. The molecule has 0 bridgehead atoms. The normalized spacial score (nSPS) is 16.0. The summed E-state index contributed by atoms with van der Waals surface area (Å²) < 4.78 is 40.8. The second-order valence-electron chi connectivity index (χ2n) is 8.68. The molecule has 0 amide bonds. The molecule has 9 heteroatoms. The third-order valence-corrected chi connectivity index (χ3v) is 8.47. The highest BCUT2D eigenvalue weighted by molar-refractivity contribution is 7.89. The summed E-state index contributed by atoms with van der Waals surface area (Å²) >= 11 is 1.55. The first-order chi connectivity index (χ1) is 16.4. The molecule has 34 heavy (non-hydrogen) atoms. The highest BCUT2D eigenvalue weighted by Gasteiger charge is 2.26. The fourth-order valence-corrected chi connectivity index (χ4v) is 6.33. The van der Waals surface area contributed by atoms with Gasteiger partial charge in [-0.25, -0.2) is 13.4 Å². The molecule has 0 N–H and O–H groups in total. The van der Waals surface area contributed by atoms with E-state index in [1.807, 2.05) is 24.3 Å². The van der Waals surface area contributed by atoms with Gasteiger partial charge in [-0.15, -0.1) is 11.3 Å². The molecule has 0 radical (unpaired) electrons. The Kier molecular flexibility index (Phi) is 6.44. The third-order valence-electron chi connectivity index (χ3n) is 5.69.